The fourth-order valence-corrected chi connectivity index (χ4v) is 1.50. The quantitative estimate of drug-likeness (QED) is 0.476. The number of rotatable bonds is 5. The van der Waals surface area contributed by atoms with Crippen LogP contribution in [-0.2, 0) is 18.0 Å². The molecular weight excluding hydrogens is 236 g/mol. The van der Waals surface area contributed by atoms with E-state index < -0.39 is 5.91 Å². The number of ether oxygens (including phenoxy) is 1. The van der Waals surface area contributed by atoms with Crippen molar-refractivity contribution >= 4 is 5.91 Å². The molecule has 0 saturated carbocycles. The molecule has 0 radical (unpaired) electrons. The van der Waals surface area contributed by atoms with Crippen molar-refractivity contribution in [3.05, 3.63) is 47.3 Å². The topological polar surface area (TPSA) is 90.6 Å². The predicted molar refractivity (Wildman–Crippen MR) is 62.3 cm³/mol. The van der Waals surface area contributed by atoms with E-state index in [-0.39, 0.29) is 5.76 Å². The number of nitrogens with one attached hydrogen (secondary N) is 1. The minimum atomic E-state index is -0.463. The standard InChI is InChI=1S/C12H14N2O4/c1-8-9(5-11(18-8)12(15)14-13)6-16-7-10-3-2-4-17-10/h2-5H,6-7,13H2,1H3,(H,14,15). The van der Waals surface area contributed by atoms with Crippen LogP contribution in [0.25, 0.3) is 0 Å². The van der Waals surface area contributed by atoms with Crippen LogP contribution in [0.15, 0.2) is 33.3 Å². The van der Waals surface area contributed by atoms with Crippen LogP contribution >= 0.6 is 0 Å². The first-order chi connectivity index (χ1) is 8.70. The lowest BCUT2D eigenvalue weighted by Gasteiger charge is -2.00. The third-order valence-corrected chi connectivity index (χ3v) is 2.46. The summed E-state index contributed by atoms with van der Waals surface area (Å²) in [7, 11) is 0. The van der Waals surface area contributed by atoms with Crippen LogP contribution in [0.5, 0.6) is 0 Å². The van der Waals surface area contributed by atoms with Gasteiger partial charge in [-0.1, -0.05) is 0 Å². The molecule has 2 aromatic heterocycles. The summed E-state index contributed by atoms with van der Waals surface area (Å²) in [5, 5.41) is 0. The fraction of sp³-hybridized carbons (Fsp3) is 0.250. The van der Waals surface area contributed by atoms with Gasteiger partial charge >= 0.3 is 5.91 Å². The molecule has 6 nitrogen and oxygen atoms in total. The summed E-state index contributed by atoms with van der Waals surface area (Å²) in [6.45, 7) is 2.48. The average Bonchev–Trinajstić information content (AvgIpc) is 2.99. The maximum atomic E-state index is 11.3. The van der Waals surface area contributed by atoms with Crippen molar-refractivity contribution in [1.82, 2.24) is 5.43 Å². The largest absolute Gasteiger partial charge is 0.467 e. The highest BCUT2D eigenvalue weighted by Gasteiger charge is 2.13. The molecule has 2 heterocycles. The molecule has 0 spiro atoms. The minimum Gasteiger partial charge on any atom is -0.467 e. The molecule has 0 aliphatic rings. The molecule has 0 aromatic carbocycles. The molecule has 0 aliphatic heterocycles. The second-order valence-electron chi connectivity index (χ2n) is 3.74. The second kappa shape index (κ2) is 5.52. The van der Waals surface area contributed by atoms with Gasteiger partial charge in [0, 0.05) is 5.56 Å². The van der Waals surface area contributed by atoms with E-state index in [9.17, 15) is 4.79 Å². The fourth-order valence-electron chi connectivity index (χ4n) is 1.50. The van der Waals surface area contributed by atoms with Gasteiger partial charge in [-0.3, -0.25) is 10.2 Å². The van der Waals surface area contributed by atoms with Gasteiger partial charge in [0.05, 0.1) is 12.9 Å². The first kappa shape index (κ1) is 12.4. The Labute approximate surface area is 104 Å². The second-order valence-corrected chi connectivity index (χ2v) is 3.74. The number of carbonyl (C=O) groups is 1. The van der Waals surface area contributed by atoms with Gasteiger partial charge in [0.2, 0.25) is 0 Å². The van der Waals surface area contributed by atoms with Crippen LogP contribution < -0.4 is 11.3 Å². The van der Waals surface area contributed by atoms with Crippen molar-refractivity contribution in [2.45, 2.75) is 20.1 Å². The van der Waals surface area contributed by atoms with E-state index >= 15 is 0 Å². The van der Waals surface area contributed by atoms with Crippen molar-refractivity contribution in [3.8, 4) is 0 Å². The van der Waals surface area contributed by atoms with Crippen molar-refractivity contribution in [2.75, 3.05) is 0 Å². The number of hydrazine groups is 1. The van der Waals surface area contributed by atoms with E-state index in [1.54, 1.807) is 25.3 Å². The predicted octanol–water partition coefficient (Wildman–Crippen LogP) is 1.50. The van der Waals surface area contributed by atoms with Crippen molar-refractivity contribution < 1.29 is 18.4 Å². The molecule has 18 heavy (non-hydrogen) atoms. The Morgan fingerprint density at radius 1 is 1.50 bits per heavy atom. The summed E-state index contributed by atoms with van der Waals surface area (Å²) in [5.74, 6) is 6.11. The molecule has 0 fully saturated rings. The lowest BCUT2D eigenvalue weighted by atomic mass is 10.2. The third kappa shape index (κ3) is 2.79. The molecule has 0 atom stereocenters. The molecule has 0 aliphatic carbocycles. The Morgan fingerprint density at radius 3 is 3.00 bits per heavy atom. The number of nitrogen functional groups attached to an aromatic ring is 1. The Morgan fingerprint density at radius 2 is 2.33 bits per heavy atom. The molecule has 6 heteroatoms. The van der Waals surface area contributed by atoms with E-state index in [1.165, 1.54) is 0 Å². The zero-order valence-electron chi connectivity index (χ0n) is 9.93. The number of amides is 1. The summed E-state index contributed by atoms with van der Waals surface area (Å²) in [6.07, 6.45) is 1.59. The average molecular weight is 250 g/mol. The Kier molecular flexibility index (Phi) is 3.81. The van der Waals surface area contributed by atoms with Gasteiger partial charge in [-0.2, -0.15) is 0 Å². The van der Waals surface area contributed by atoms with Crippen molar-refractivity contribution in [1.29, 1.82) is 0 Å². The molecular formula is C12H14N2O4. The molecule has 96 valence electrons. The maximum absolute atomic E-state index is 11.3. The first-order valence-electron chi connectivity index (χ1n) is 5.41. The molecule has 3 N–H and O–H groups in total. The van der Waals surface area contributed by atoms with Crippen LogP contribution in [-0.4, -0.2) is 5.91 Å². The van der Waals surface area contributed by atoms with Gasteiger partial charge < -0.3 is 13.6 Å². The highest BCUT2D eigenvalue weighted by atomic mass is 16.5. The zero-order chi connectivity index (χ0) is 13.0. The summed E-state index contributed by atoms with van der Waals surface area (Å²) in [4.78, 5) is 11.3. The van der Waals surface area contributed by atoms with Gasteiger partial charge in [0.25, 0.3) is 0 Å². The first-order valence-corrected chi connectivity index (χ1v) is 5.41. The highest BCUT2D eigenvalue weighted by molar-refractivity contribution is 5.91. The summed E-state index contributed by atoms with van der Waals surface area (Å²) in [5.41, 5.74) is 2.82. The Hall–Kier alpha value is -2.05. The maximum Gasteiger partial charge on any atom is 0.300 e. The highest BCUT2D eigenvalue weighted by Crippen LogP contribution is 2.16. The molecule has 1 amide bonds. The van der Waals surface area contributed by atoms with Crippen LogP contribution in [0.1, 0.15) is 27.6 Å². The number of hydrogen-bond donors (Lipinski definition) is 2. The van der Waals surface area contributed by atoms with Crippen LogP contribution in [0.2, 0.25) is 0 Å². The SMILES string of the molecule is Cc1oc(C(=O)NN)cc1COCc1ccco1. The van der Waals surface area contributed by atoms with Gasteiger partial charge in [0.15, 0.2) is 5.76 Å². The van der Waals surface area contributed by atoms with Gasteiger partial charge in [-0.25, -0.2) is 5.84 Å². The summed E-state index contributed by atoms with van der Waals surface area (Å²) >= 11 is 0. The third-order valence-electron chi connectivity index (χ3n) is 2.46. The summed E-state index contributed by atoms with van der Waals surface area (Å²) in [6, 6.07) is 5.24. The number of nitrogens with two attached hydrogens (primary N) is 1. The van der Waals surface area contributed by atoms with E-state index in [0.29, 0.717) is 19.0 Å². The lowest BCUT2D eigenvalue weighted by Crippen LogP contribution is -2.29. The minimum absolute atomic E-state index is 0.173. The van der Waals surface area contributed by atoms with Crippen molar-refractivity contribution in [2.24, 2.45) is 5.84 Å². The Bertz CT molecular complexity index is 516. The molecule has 2 aromatic rings. The number of hydrogen-bond acceptors (Lipinski definition) is 5. The van der Waals surface area contributed by atoms with Crippen molar-refractivity contribution in [3.63, 3.8) is 0 Å². The molecule has 0 bridgehead atoms. The van der Waals surface area contributed by atoms with E-state index in [4.69, 9.17) is 19.4 Å². The van der Waals surface area contributed by atoms with Crippen LogP contribution in [0, 0.1) is 6.92 Å². The molecule has 0 unspecified atom stereocenters. The number of aryl methyl sites for hydroxylation is 1. The van der Waals surface area contributed by atoms with Gasteiger partial charge in [-0.05, 0) is 25.1 Å². The van der Waals surface area contributed by atoms with Gasteiger partial charge in [0.1, 0.15) is 18.1 Å². The Balaban J connectivity index is 1.93. The van der Waals surface area contributed by atoms with E-state index in [2.05, 4.69) is 0 Å². The van der Waals surface area contributed by atoms with Crippen LogP contribution in [0.3, 0.4) is 0 Å². The van der Waals surface area contributed by atoms with Gasteiger partial charge in [-0.15, -0.1) is 0 Å². The summed E-state index contributed by atoms with van der Waals surface area (Å²) < 4.78 is 15.8. The smallest absolute Gasteiger partial charge is 0.300 e. The number of carbonyl (C=O) groups excluding carboxylic acids is 1. The normalized spacial score (nSPS) is 10.6. The molecule has 0 saturated heterocycles. The van der Waals surface area contributed by atoms with E-state index in [1.807, 2.05) is 11.5 Å². The monoisotopic (exact) mass is 250 g/mol. The molecule has 2 rings (SSSR count). The number of furan rings is 2. The van der Waals surface area contributed by atoms with Crippen LogP contribution in [0.4, 0.5) is 0 Å². The zero-order valence-corrected chi connectivity index (χ0v) is 9.93. The van der Waals surface area contributed by atoms with E-state index in [0.717, 1.165) is 11.3 Å². The lowest BCUT2D eigenvalue weighted by molar-refractivity contribution is 0.0918.